The Hall–Kier alpha value is -1.83. The highest BCUT2D eigenvalue weighted by molar-refractivity contribution is 5.89. The molecule has 0 spiro atoms. The van der Waals surface area contributed by atoms with E-state index in [2.05, 4.69) is 0 Å². The summed E-state index contributed by atoms with van der Waals surface area (Å²) < 4.78 is 5.12. The van der Waals surface area contributed by atoms with E-state index in [0.717, 1.165) is 17.6 Å². The Bertz CT molecular complexity index is 443. The first-order valence-corrected chi connectivity index (χ1v) is 5.91. The van der Waals surface area contributed by atoms with Gasteiger partial charge in [-0.1, -0.05) is 48.6 Å². The molecule has 0 bridgehead atoms. The fourth-order valence-electron chi connectivity index (χ4n) is 2.02. The van der Waals surface area contributed by atoms with E-state index in [9.17, 15) is 4.79 Å². The molecular formula is C15H16O2. The molecule has 1 aromatic carbocycles. The highest BCUT2D eigenvalue weighted by Gasteiger charge is 2.25. The van der Waals surface area contributed by atoms with Crippen LogP contribution in [0.5, 0.6) is 0 Å². The maximum Gasteiger partial charge on any atom is 0.313 e. The first kappa shape index (κ1) is 11.6. The van der Waals surface area contributed by atoms with Gasteiger partial charge in [-0.25, -0.2) is 0 Å². The fraction of sp³-hybridized carbons (Fsp3) is 0.267. The minimum Gasteiger partial charge on any atom is -0.466 e. The Kier molecular flexibility index (Phi) is 3.76. The minimum absolute atomic E-state index is 0.132. The van der Waals surface area contributed by atoms with Gasteiger partial charge >= 0.3 is 5.97 Å². The quantitative estimate of drug-likeness (QED) is 0.742. The summed E-state index contributed by atoms with van der Waals surface area (Å²) in [6.07, 6.45) is 6.73. The van der Waals surface area contributed by atoms with Crippen molar-refractivity contribution in [3.05, 3.63) is 54.1 Å². The predicted octanol–water partition coefficient (Wildman–Crippen LogP) is 3.21. The van der Waals surface area contributed by atoms with E-state index in [4.69, 9.17) is 4.74 Å². The van der Waals surface area contributed by atoms with Crippen molar-refractivity contribution in [2.75, 3.05) is 6.61 Å². The Morgan fingerprint density at radius 3 is 2.82 bits per heavy atom. The van der Waals surface area contributed by atoms with Gasteiger partial charge < -0.3 is 4.74 Å². The third kappa shape index (κ3) is 2.64. The van der Waals surface area contributed by atoms with E-state index in [0.29, 0.717) is 6.61 Å². The number of hydrogen-bond acceptors (Lipinski definition) is 2. The van der Waals surface area contributed by atoms with Crippen LogP contribution in [0.4, 0.5) is 0 Å². The molecular weight excluding hydrogens is 212 g/mol. The molecule has 1 aromatic rings. The lowest BCUT2D eigenvalue weighted by Gasteiger charge is -2.20. The van der Waals surface area contributed by atoms with Crippen molar-refractivity contribution in [1.29, 1.82) is 0 Å². The average Bonchev–Trinajstić information content (AvgIpc) is 2.40. The smallest absolute Gasteiger partial charge is 0.313 e. The van der Waals surface area contributed by atoms with Crippen molar-refractivity contribution in [2.45, 2.75) is 13.3 Å². The van der Waals surface area contributed by atoms with Gasteiger partial charge in [0.1, 0.15) is 0 Å². The van der Waals surface area contributed by atoms with Gasteiger partial charge in [0, 0.05) is 0 Å². The van der Waals surface area contributed by atoms with Crippen LogP contribution in [0.2, 0.25) is 0 Å². The molecule has 0 aliphatic heterocycles. The average molecular weight is 228 g/mol. The molecule has 0 aromatic heterocycles. The number of carbonyl (C=O) groups excluding carboxylic acids is 1. The summed E-state index contributed by atoms with van der Waals surface area (Å²) in [7, 11) is 0. The van der Waals surface area contributed by atoms with E-state index in [1.807, 2.05) is 55.5 Å². The maximum atomic E-state index is 11.9. The molecule has 1 unspecified atom stereocenters. The van der Waals surface area contributed by atoms with Crippen molar-refractivity contribution in [3.8, 4) is 0 Å². The van der Waals surface area contributed by atoms with Crippen LogP contribution in [0.25, 0.3) is 5.57 Å². The van der Waals surface area contributed by atoms with Gasteiger partial charge in [-0.05, 0) is 24.5 Å². The van der Waals surface area contributed by atoms with Gasteiger partial charge in [0.05, 0.1) is 12.5 Å². The number of esters is 1. The molecule has 2 nitrogen and oxygen atoms in total. The fourth-order valence-corrected chi connectivity index (χ4v) is 2.02. The number of carbonyl (C=O) groups is 1. The van der Waals surface area contributed by atoms with Gasteiger partial charge in [0.25, 0.3) is 0 Å². The van der Waals surface area contributed by atoms with Gasteiger partial charge in [-0.3, -0.25) is 4.79 Å². The van der Waals surface area contributed by atoms with Crippen LogP contribution in [0, 0.1) is 5.92 Å². The second-order valence-electron chi connectivity index (χ2n) is 3.96. The van der Waals surface area contributed by atoms with Crippen molar-refractivity contribution in [2.24, 2.45) is 5.92 Å². The van der Waals surface area contributed by atoms with Crippen LogP contribution in [-0.4, -0.2) is 12.6 Å². The lowest BCUT2D eigenvalue weighted by atomic mass is 9.87. The van der Waals surface area contributed by atoms with Crippen LogP contribution in [0.3, 0.4) is 0 Å². The van der Waals surface area contributed by atoms with Gasteiger partial charge in [-0.15, -0.1) is 0 Å². The highest BCUT2D eigenvalue weighted by Crippen LogP contribution is 2.30. The Labute approximate surface area is 102 Å². The summed E-state index contributed by atoms with van der Waals surface area (Å²) in [5.74, 6) is -0.297. The van der Waals surface area contributed by atoms with Crippen molar-refractivity contribution >= 4 is 11.5 Å². The normalized spacial score (nSPS) is 18.6. The van der Waals surface area contributed by atoms with Crippen LogP contribution in [0.15, 0.2) is 48.6 Å². The lowest BCUT2D eigenvalue weighted by molar-refractivity contribution is -0.145. The van der Waals surface area contributed by atoms with Crippen molar-refractivity contribution in [1.82, 2.24) is 0 Å². The second kappa shape index (κ2) is 5.48. The zero-order valence-electron chi connectivity index (χ0n) is 9.93. The first-order valence-electron chi connectivity index (χ1n) is 5.91. The molecule has 0 fully saturated rings. The minimum atomic E-state index is -0.164. The van der Waals surface area contributed by atoms with Gasteiger partial charge in [0.2, 0.25) is 0 Å². The maximum absolute atomic E-state index is 11.9. The van der Waals surface area contributed by atoms with Crippen molar-refractivity contribution < 1.29 is 9.53 Å². The molecule has 2 rings (SSSR count). The van der Waals surface area contributed by atoms with Crippen LogP contribution < -0.4 is 0 Å². The molecule has 1 aliphatic rings. The first-order chi connectivity index (χ1) is 8.33. The number of rotatable bonds is 3. The van der Waals surface area contributed by atoms with Crippen LogP contribution in [0.1, 0.15) is 18.9 Å². The van der Waals surface area contributed by atoms with Crippen LogP contribution >= 0.6 is 0 Å². The van der Waals surface area contributed by atoms with E-state index < -0.39 is 0 Å². The molecule has 0 saturated heterocycles. The summed E-state index contributed by atoms with van der Waals surface area (Å²) in [4.78, 5) is 11.9. The third-order valence-electron chi connectivity index (χ3n) is 2.84. The molecule has 88 valence electrons. The Balaban J connectivity index is 2.26. The molecule has 0 heterocycles. The van der Waals surface area contributed by atoms with E-state index in [1.54, 1.807) is 0 Å². The van der Waals surface area contributed by atoms with E-state index in [-0.39, 0.29) is 11.9 Å². The Morgan fingerprint density at radius 1 is 1.35 bits per heavy atom. The van der Waals surface area contributed by atoms with Gasteiger partial charge in [-0.2, -0.15) is 0 Å². The predicted molar refractivity (Wildman–Crippen MR) is 68.3 cm³/mol. The molecule has 2 heteroatoms. The number of benzene rings is 1. The van der Waals surface area contributed by atoms with Crippen molar-refractivity contribution in [3.63, 3.8) is 0 Å². The summed E-state index contributed by atoms with van der Waals surface area (Å²) in [6, 6.07) is 9.99. The number of ether oxygens (including phenoxy) is 1. The molecule has 17 heavy (non-hydrogen) atoms. The zero-order valence-corrected chi connectivity index (χ0v) is 9.93. The lowest BCUT2D eigenvalue weighted by Crippen LogP contribution is -2.20. The van der Waals surface area contributed by atoms with Crippen LogP contribution in [-0.2, 0) is 9.53 Å². The zero-order chi connectivity index (χ0) is 12.1. The number of hydrogen-bond donors (Lipinski definition) is 0. The molecule has 0 N–H and O–H groups in total. The monoisotopic (exact) mass is 228 g/mol. The summed E-state index contributed by atoms with van der Waals surface area (Å²) in [5, 5.41) is 0. The topological polar surface area (TPSA) is 26.3 Å². The highest BCUT2D eigenvalue weighted by atomic mass is 16.5. The third-order valence-corrected chi connectivity index (χ3v) is 2.84. The van der Waals surface area contributed by atoms with Gasteiger partial charge in [0.15, 0.2) is 0 Å². The molecule has 1 atom stereocenters. The molecule has 0 saturated carbocycles. The standard InChI is InChI=1S/C15H16O2/c1-2-17-15(16)14-11-7-6-10-13(14)12-8-4-3-5-9-12/h3-10,14H,2,11H2,1H3. The molecule has 0 amide bonds. The summed E-state index contributed by atoms with van der Waals surface area (Å²) in [6.45, 7) is 2.27. The second-order valence-corrected chi connectivity index (χ2v) is 3.96. The van der Waals surface area contributed by atoms with E-state index >= 15 is 0 Å². The Morgan fingerprint density at radius 2 is 2.12 bits per heavy atom. The molecule has 0 radical (unpaired) electrons. The van der Waals surface area contributed by atoms with E-state index in [1.165, 1.54) is 0 Å². The SMILES string of the molecule is CCOC(=O)C1CC=CC=C1c1ccccc1. The number of allylic oxidation sites excluding steroid dienone is 3. The summed E-state index contributed by atoms with van der Waals surface area (Å²) >= 11 is 0. The summed E-state index contributed by atoms with van der Waals surface area (Å²) in [5.41, 5.74) is 2.14. The molecule has 1 aliphatic carbocycles. The largest absolute Gasteiger partial charge is 0.466 e.